The number of hydrogen-bond acceptors (Lipinski definition) is 9. The van der Waals surface area contributed by atoms with Crippen LogP contribution in [0.4, 0.5) is 0 Å². The lowest BCUT2D eigenvalue weighted by Crippen LogP contribution is -2.29. The van der Waals surface area contributed by atoms with Crippen LogP contribution in [0, 0.1) is 0 Å². The second-order valence-corrected chi connectivity index (χ2v) is 15.5. The molecule has 2 unspecified atom stereocenters. The number of phosphoric acid groups is 1. The lowest BCUT2D eigenvalue weighted by atomic mass is 10.0. The standard InChI is InChI=1S/C43H77O10P/c1-3-5-7-9-11-13-15-17-19-20-21-23-25-27-29-31-33-35-43(47)53-41(39-52-54(48,49)51-37-40(45)36-44)38-50-42(46)34-32-30-28-26-24-22-18-16-14-12-10-8-6-4-2/h11,13,17,19,21,23,27,29,40-41,44-45H,3-10,12,14-16,18,20,22,24-26,28,30-39H2,1-2H3,(H,48,49)/b13-11-,19-17-,23-21-,29-27-/t40?,41-/m1/s1. The number of unbranched alkanes of at least 4 members (excludes halogenated alkanes) is 17. The van der Waals surface area contributed by atoms with Crippen molar-refractivity contribution < 1.29 is 47.8 Å². The van der Waals surface area contributed by atoms with Crippen LogP contribution in [-0.2, 0) is 32.7 Å². The van der Waals surface area contributed by atoms with Gasteiger partial charge in [0, 0.05) is 12.8 Å². The molecule has 0 heterocycles. The summed E-state index contributed by atoms with van der Waals surface area (Å²) in [7, 11) is -4.63. The summed E-state index contributed by atoms with van der Waals surface area (Å²) < 4.78 is 32.6. The molecule has 0 amide bonds. The molecule has 10 nitrogen and oxygen atoms in total. The predicted molar refractivity (Wildman–Crippen MR) is 219 cm³/mol. The molecule has 0 radical (unpaired) electrons. The molecule has 314 valence electrons. The molecule has 0 aromatic heterocycles. The Kier molecular flexibility index (Phi) is 37.7. The number of hydrogen-bond donors (Lipinski definition) is 3. The maximum Gasteiger partial charge on any atom is 0.472 e. The van der Waals surface area contributed by atoms with Crippen LogP contribution in [0.25, 0.3) is 0 Å². The largest absolute Gasteiger partial charge is 0.472 e. The minimum absolute atomic E-state index is 0.109. The van der Waals surface area contributed by atoms with E-state index in [1.807, 2.05) is 12.2 Å². The number of carbonyl (C=O) groups is 2. The molecule has 3 atom stereocenters. The van der Waals surface area contributed by atoms with Gasteiger partial charge in [-0.25, -0.2) is 4.57 Å². The summed E-state index contributed by atoms with van der Waals surface area (Å²) in [6.45, 7) is 2.29. The van der Waals surface area contributed by atoms with Crippen LogP contribution < -0.4 is 0 Å². The molecule has 11 heteroatoms. The number of aliphatic hydroxyl groups excluding tert-OH is 2. The third kappa shape index (κ3) is 38.2. The summed E-state index contributed by atoms with van der Waals surface area (Å²) in [5.74, 6) is -0.989. The maximum atomic E-state index is 12.6. The van der Waals surface area contributed by atoms with E-state index in [4.69, 9.17) is 19.1 Å². The molecule has 0 fully saturated rings. The molecule has 54 heavy (non-hydrogen) atoms. The van der Waals surface area contributed by atoms with Crippen LogP contribution in [-0.4, -0.2) is 65.7 Å². The van der Waals surface area contributed by atoms with Crippen LogP contribution in [0.3, 0.4) is 0 Å². The average Bonchev–Trinajstić information content (AvgIpc) is 3.16. The average molecular weight is 785 g/mol. The monoisotopic (exact) mass is 785 g/mol. The van der Waals surface area contributed by atoms with E-state index in [1.54, 1.807) is 0 Å². The van der Waals surface area contributed by atoms with Gasteiger partial charge in [0.15, 0.2) is 6.10 Å². The molecular formula is C43H77O10P. The number of esters is 2. The molecular weight excluding hydrogens is 707 g/mol. The van der Waals surface area contributed by atoms with Crippen molar-refractivity contribution in [1.29, 1.82) is 0 Å². The van der Waals surface area contributed by atoms with E-state index >= 15 is 0 Å². The summed E-state index contributed by atoms with van der Waals surface area (Å²) >= 11 is 0. The Morgan fingerprint density at radius 3 is 1.50 bits per heavy atom. The second-order valence-electron chi connectivity index (χ2n) is 14.0. The van der Waals surface area contributed by atoms with Crippen LogP contribution >= 0.6 is 7.82 Å². The number of rotatable bonds is 39. The van der Waals surface area contributed by atoms with Gasteiger partial charge in [-0.3, -0.25) is 18.6 Å². The topological polar surface area (TPSA) is 149 Å². The second kappa shape index (κ2) is 39.2. The Labute approximate surface area is 328 Å². The van der Waals surface area contributed by atoms with Crippen molar-refractivity contribution in [3.63, 3.8) is 0 Å². The van der Waals surface area contributed by atoms with E-state index in [-0.39, 0.29) is 19.4 Å². The van der Waals surface area contributed by atoms with E-state index in [2.05, 4.69) is 54.8 Å². The molecule has 0 saturated carbocycles. The van der Waals surface area contributed by atoms with Crippen molar-refractivity contribution >= 4 is 19.8 Å². The third-order valence-electron chi connectivity index (χ3n) is 8.74. The van der Waals surface area contributed by atoms with Crippen molar-refractivity contribution in [2.75, 3.05) is 26.4 Å². The minimum Gasteiger partial charge on any atom is -0.462 e. The first-order valence-corrected chi connectivity index (χ1v) is 22.6. The summed E-state index contributed by atoms with van der Waals surface area (Å²) in [5.41, 5.74) is 0. The number of aliphatic hydroxyl groups is 2. The van der Waals surface area contributed by atoms with Gasteiger partial charge in [0.2, 0.25) is 0 Å². The first kappa shape index (κ1) is 51.9. The highest BCUT2D eigenvalue weighted by atomic mass is 31.2. The van der Waals surface area contributed by atoms with E-state index in [0.717, 1.165) is 44.9 Å². The Hall–Kier alpha value is -2.07. The Morgan fingerprint density at radius 2 is 0.981 bits per heavy atom. The third-order valence-corrected chi connectivity index (χ3v) is 9.69. The number of allylic oxidation sites excluding steroid dienone is 8. The quantitative estimate of drug-likeness (QED) is 0.0238. The molecule has 0 aromatic carbocycles. The summed E-state index contributed by atoms with van der Waals surface area (Å²) in [4.78, 5) is 34.9. The first-order valence-electron chi connectivity index (χ1n) is 21.1. The highest BCUT2D eigenvalue weighted by molar-refractivity contribution is 7.47. The van der Waals surface area contributed by atoms with Crippen molar-refractivity contribution in [1.82, 2.24) is 0 Å². The van der Waals surface area contributed by atoms with Gasteiger partial charge in [-0.2, -0.15) is 0 Å². The first-order chi connectivity index (χ1) is 26.2. The lowest BCUT2D eigenvalue weighted by Gasteiger charge is -2.20. The molecule has 0 aliphatic rings. The van der Waals surface area contributed by atoms with Crippen molar-refractivity contribution in [3.8, 4) is 0 Å². The molecule has 0 spiro atoms. The summed E-state index contributed by atoms with van der Waals surface area (Å²) in [6, 6.07) is 0. The highest BCUT2D eigenvalue weighted by Gasteiger charge is 2.27. The normalized spacial score (nSPS) is 14.4. The van der Waals surface area contributed by atoms with Crippen LogP contribution in [0.2, 0.25) is 0 Å². The van der Waals surface area contributed by atoms with Crippen molar-refractivity contribution in [2.24, 2.45) is 0 Å². The fraction of sp³-hybridized carbons (Fsp3) is 0.767. The summed E-state index contributed by atoms with van der Waals surface area (Å²) in [5, 5.41) is 18.3. The van der Waals surface area contributed by atoms with Gasteiger partial charge in [0.1, 0.15) is 12.7 Å². The lowest BCUT2D eigenvalue weighted by molar-refractivity contribution is -0.161. The summed E-state index contributed by atoms with van der Waals surface area (Å²) in [6.07, 6.45) is 40.8. The number of ether oxygens (including phenoxy) is 2. The van der Waals surface area contributed by atoms with E-state index in [9.17, 15) is 24.2 Å². The molecule has 3 N–H and O–H groups in total. The molecule has 0 saturated heterocycles. The molecule has 0 aromatic rings. The van der Waals surface area contributed by atoms with Gasteiger partial charge in [-0.15, -0.1) is 0 Å². The van der Waals surface area contributed by atoms with Crippen molar-refractivity contribution in [2.45, 2.75) is 187 Å². The molecule has 0 bridgehead atoms. The number of phosphoric ester groups is 1. The van der Waals surface area contributed by atoms with E-state index in [0.29, 0.717) is 19.3 Å². The zero-order chi connectivity index (χ0) is 39.8. The maximum absolute atomic E-state index is 12.6. The smallest absolute Gasteiger partial charge is 0.462 e. The van der Waals surface area contributed by atoms with Crippen LogP contribution in [0.5, 0.6) is 0 Å². The van der Waals surface area contributed by atoms with Gasteiger partial charge < -0.3 is 24.6 Å². The predicted octanol–water partition coefficient (Wildman–Crippen LogP) is 10.9. The zero-order valence-corrected chi connectivity index (χ0v) is 34.8. The molecule has 0 aliphatic carbocycles. The fourth-order valence-electron chi connectivity index (χ4n) is 5.46. The van der Waals surface area contributed by atoms with E-state index < -0.39 is 51.8 Å². The Balaban J connectivity index is 4.41. The molecule has 0 aliphatic heterocycles. The Bertz CT molecular complexity index is 1040. The molecule has 0 rings (SSSR count). The highest BCUT2D eigenvalue weighted by Crippen LogP contribution is 2.43. The van der Waals surface area contributed by atoms with Gasteiger partial charge in [0.25, 0.3) is 0 Å². The fourth-order valence-corrected chi connectivity index (χ4v) is 6.25. The Morgan fingerprint density at radius 1 is 0.556 bits per heavy atom. The minimum atomic E-state index is -4.63. The van der Waals surface area contributed by atoms with Gasteiger partial charge in [-0.1, -0.05) is 159 Å². The van der Waals surface area contributed by atoms with Crippen LogP contribution in [0.1, 0.15) is 174 Å². The van der Waals surface area contributed by atoms with Gasteiger partial charge >= 0.3 is 19.8 Å². The van der Waals surface area contributed by atoms with Gasteiger partial charge in [0.05, 0.1) is 19.8 Å². The SMILES string of the molecule is CCCCC/C=C\C/C=C\C/C=C\C/C=C\CCCC(=O)O[C@H](COC(=O)CCCCCCCCCCCCCCCC)COP(=O)(O)OCC(O)CO. The number of carbonyl (C=O) groups excluding carboxylic acids is 2. The van der Waals surface area contributed by atoms with Gasteiger partial charge in [-0.05, 0) is 51.4 Å². The zero-order valence-electron chi connectivity index (χ0n) is 33.9. The van der Waals surface area contributed by atoms with Crippen LogP contribution in [0.15, 0.2) is 48.6 Å². The van der Waals surface area contributed by atoms with E-state index in [1.165, 1.54) is 83.5 Å². The van der Waals surface area contributed by atoms with Crippen molar-refractivity contribution in [3.05, 3.63) is 48.6 Å².